The van der Waals surface area contributed by atoms with E-state index in [2.05, 4.69) is 26.5 Å². The van der Waals surface area contributed by atoms with Crippen LogP contribution in [0, 0.1) is 5.41 Å². The number of hydrogen-bond acceptors (Lipinski definition) is 7. The molecule has 206 valence electrons. The Morgan fingerprint density at radius 1 is 1.22 bits per heavy atom. The minimum Gasteiger partial charge on any atom is -0.456 e. The van der Waals surface area contributed by atoms with Crippen molar-refractivity contribution in [2.45, 2.75) is 120 Å². The van der Waals surface area contributed by atoms with Crippen LogP contribution in [0.4, 0.5) is 0 Å². The second-order valence-corrected chi connectivity index (χ2v) is 11.8. The molecule has 8 atom stereocenters. The van der Waals surface area contributed by atoms with Crippen LogP contribution in [0.5, 0.6) is 0 Å². The summed E-state index contributed by atoms with van der Waals surface area (Å²) in [4.78, 5) is 12.7. The molecule has 37 heavy (non-hydrogen) atoms. The molecule has 0 aromatic heterocycles. The van der Waals surface area contributed by atoms with E-state index >= 15 is 0 Å². The van der Waals surface area contributed by atoms with Crippen molar-refractivity contribution in [1.29, 1.82) is 0 Å². The van der Waals surface area contributed by atoms with Gasteiger partial charge in [-0.2, -0.15) is 0 Å². The molecule has 2 unspecified atom stereocenters. The zero-order chi connectivity index (χ0) is 26.4. The van der Waals surface area contributed by atoms with E-state index in [0.717, 1.165) is 44.1 Å². The first kappa shape index (κ1) is 28.2. The van der Waals surface area contributed by atoms with Crippen molar-refractivity contribution in [3.63, 3.8) is 0 Å². The van der Waals surface area contributed by atoms with Gasteiger partial charge >= 0.3 is 5.97 Å². The highest BCUT2D eigenvalue weighted by atomic mass is 16.6. The molecule has 2 N–H and O–H groups in total. The topological polar surface area (TPSA) is 97.8 Å². The predicted molar refractivity (Wildman–Crippen MR) is 141 cm³/mol. The maximum Gasteiger partial charge on any atom is 0.330 e. The number of esters is 1. The Bertz CT molecular complexity index is 875. The van der Waals surface area contributed by atoms with Gasteiger partial charge in [-0.15, -0.1) is 0 Å². The van der Waals surface area contributed by atoms with E-state index in [9.17, 15) is 15.0 Å². The normalized spacial score (nSPS) is 38.3. The molecule has 2 saturated heterocycles. The fourth-order valence-electron chi connectivity index (χ4n) is 5.48. The highest BCUT2D eigenvalue weighted by Gasteiger charge is 2.46. The minimum absolute atomic E-state index is 0.0728. The summed E-state index contributed by atoms with van der Waals surface area (Å²) < 4.78 is 23.4. The number of hydrogen-bond donors (Lipinski definition) is 2. The average molecular weight is 517 g/mol. The average Bonchev–Trinajstić information content (AvgIpc) is 3.61. The van der Waals surface area contributed by atoms with Gasteiger partial charge in [0.2, 0.25) is 0 Å². The maximum atomic E-state index is 12.7. The molecule has 0 amide bonds. The van der Waals surface area contributed by atoms with Gasteiger partial charge in [0, 0.05) is 19.1 Å². The van der Waals surface area contributed by atoms with Crippen LogP contribution >= 0.6 is 0 Å². The summed E-state index contributed by atoms with van der Waals surface area (Å²) in [5, 5.41) is 21.7. The van der Waals surface area contributed by atoms with Crippen LogP contribution in [-0.2, 0) is 23.7 Å². The molecule has 0 radical (unpaired) electrons. The Labute approximate surface area is 221 Å². The van der Waals surface area contributed by atoms with Crippen LogP contribution in [0.1, 0.15) is 71.6 Å². The number of ether oxygens (including phenoxy) is 4. The maximum absolute atomic E-state index is 12.7. The lowest BCUT2D eigenvalue weighted by Gasteiger charge is -2.34. The van der Waals surface area contributed by atoms with Gasteiger partial charge in [-0.05, 0) is 56.8 Å². The molecule has 4 heterocycles. The van der Waals surface area contributed by atoms with Gasteiger partial charge in [-0.1, -0.05) is 56.4 Å². The second kappa shape index (κ2) is 12.9. The third-order valence-corrected chi connectivity index (χ3v) is 7.80. The summed E-state index contributed by atoms with van der Waals surface area (Å²) in [5.74, 6) is -0.518. The molecule has 0 aromatic rings. The van der Waals surface area contributed by atoms with Crippen molar-refractivity contribution in [3.05, 3.63) is 48.6 Å². The lowest BCUT2D eigenvalue weighted by atomic mass is 9.82. The van der Waals surface area contributed by atoms with E-state index in [0.29, 0.717) is 25.9 Å². The predicted octanol–water partition coefficient (Wildman–Crippen LogP) is 4.33. The first-order valence-electron chi connectivity index (χ1n) is 13.9. The van der Waals surface area contributed by atoms with Crippen molar-refractivity contribution in [3.8, 4) is 0 Å². The molecule has 0 saturated carbocycles. The number of fused-ring (bicyclic) bond motifs is 3. The van der Waals surface area contributed by atoms with E-state index in [1.54, 1.807) is 12.2 Å². The quantitative estimate of drug-likeness (QED) is 0.327. The van der Waals surface area contributed by atoms with Crippen LogP contribution in [0.2, 0.25) is 0 Å². The molecule has 7 nitrogen and oxygen atoms in total. The zero-order valence-corrected chi connectivity index (χ0v) is 22.3. The molecule has 0 spiro atoms. The van der Waals surface area contributed by atoms with E-state index < -0.39 is 24.3 Å². The fraction of sp³-hybridized carbons (Fsp3) is 0.700. The number of carbonyl (C=O) groups is 1. The summed E-state index contributed by atoms with van der Waals surface area (Å²) in [6.07, 6.45) is 14.6. The van der Waals surface area contributed by atoms with Gasteiger partial charge in [-0.25, -0.2) is 4.79 Å². The molecule has 0 aliphatic carbocycles. The van der Waals surface area contributed by atoms with Gasteiger partial charge in [-0.3, -0.25) is 0 Å². The standard InChI is InChI=1S/C30H44O7/c1-20-7-4-8-21-9-5-10-22(35-21)11-6-12-28(33)36-26(18-27-29(37-27)25(32)17-20)24(31)14-13-23-19-30(2,3)15-16-34-23/h5-6,10,12-14,21-27,29,31-32H,1,4,7-9,11,15-19H2,2-3H3/t21-,22+,23?,24+,25+,26?,27+,29+/m1/s1. The first-order chi connectivity index (χ1) is 17.7. The third-order valence-electron chi connectivity index (χ3n) is 7.80. The van der Waals surface area contributed by atoms with Crippen molar-refractivity contribution >= 4 is 5.97 Å². The Morgan fingerprint density at radius 2 is 2.05 bits per heavy atom. The van der Waals surface area contributed by atoms with Crippen LogP contribution in [0.25, 0.3) is 0 Å². The second-order valence-electron chi connectivity index (χ2n) is 11.8. The summed E-state index contributed by atoms with van der Waals surface area (Å²) in [6.45, 7) is 9.26. The number of cyclic esters (lactones) is 1. The van der Waals surface area contributed by atoms with Crippen LogP contribution in [0.15, 0.2) is 48.6 Å². The van der Waals surface area contributed by atoms with E-state index in [4.69, 9.17) is 18.9 Å². The van der Waals surface area contributed by atoms with E-state index in [1.807, 2.05) is 12.2 Å². The summed E-state index contributed by atoms with van der Waals surface area (Å²) in [7, 11) is 0. The molecule has 2 bridgehead atoms. The molecule has 4 aliphatic heterocycles. The molecular formula is C30H44O7. The third kappa shape index (κ3) is 8.89. The van der Waals surface area contributed by atoms with Gasteiger partial charge in [0.15, 0.2) is 0 Å². The Balaban J connectivity index is 1.43. The van der Waals surface area contributed by atoms with Crippen LogP contribution in [0.3, 0.4) is 0 Å². The number of epoxide rings is 1. The minimum atomic E-state index is -1.01. The Morgan fingerprint density at radius 3 is 2.86 bits per heavy atom. The fourth-order valence-corrected chi connectivity index (χ4v) is 5.48. The summed E-state index contributed by atoms with van der Waals surface area (Å²) >= 11 is 0. The highest BCUT2D eigenvalue weighted by molar-refractivity contribution is 5.82. The van der Waals surface area contributed by atoms with Gasteiger partial charge in [0.1, 0.15) is 18.3 Å². The molecular weight excluding hydrogens is 472 g/mol. The number of carbonyl (C=O) groups excluding carboxylic acids is 1. The zero-order valence-electron chi connectivity index (χ0n) is 22.3. The highest BCUT2D eigenvalue weighted by Crippen LogP contribution is 2.35. The van der Waals surface area contributed by atoms with E-state index in [1.165, 1.54) is 6.08 Å². The Hall–Kier alpha value is -1.77. The number of aliphatic hydroxyl groups is 2. The lowest BCUT2D eigenvalue weighted by Crippen LogP contribution is -2.33. The van der Waals surface area contributed by atoms with Crippen molar-refractivity contribution in [1.82, 2.24) is 0 Å². The van der Waals surface area contributed by atoms with Gasteiger partial charge < -0.3 is 29.2 Å². The van der Waals surface area contributed by atoms with E-state index in [-0.39, 0.29) is 35.9 Å². The van der Waals surface area contributed by atoms with Crippen molar-refractivity contribution in [2.75, 3.05) is 6.61 Å². The molecule has 0 aromatic carbocycles. The van der Waals surface area contributed by atoms with Crippen LogP contribution < -0.4 is 0 Å². The Kier molecular flexibility index (Phi) is 9.81. The number of rotatable bonds is 3. The first-order valence-corrected chi connectivity index (χ1v) is 13.9. The van der Waals surface area contributed by atoms with Crippen molar-refractivity contribution in [2.24, 2.45) is 5.41 Å². The van der Waals surface area contributed by atoms with Crippen molar-refractivity contribution < 1.29 is 34.0 Å². The molecule has 4 rings (SSSR count). The molecule has 2 fully saturated rings. The van der Waals surface area contributed by atoms with Crippen LogP contribution in [-0.4, -0.2) is 71.6 Å². The van der Waals surface area contributed by atoms with Gasteiger partial charge in [0.05, 0.1) is 30.5 Å². The lowest BCUT2D eigenvalue weighted by molar-refractivity contribution is -0.148. The van der Waals surface area contributed by atoms with Gasteiger partial charge in [0.25, 0.3) is 0 Å². The molecule has 7 heteroatoms. The summed E-state index contributed by atoms with van der Waals surface area (Å²) in [5.41, 5.74) is 1.18. The largest absolute Gasteiger partial charge is 0.456 e. The molecule has 4 aliphatic rings. The smallest absolute Gasteiger partial charge is 0.330 e. The monoisotopic (exact) mass is 516 g/mol. The SMILES string of the molecule is C=C1CCC[C@@H]2CC=C[C@@H](CC=CC(=O)OC([C@@H](O)C=CC3CC(C)(C)CCO3)C[C@@H]3O[C@H]3[C@@H](O)C1)O2. The summed E-state index contributed by atoms with van der Waals surface area (Å²) in [6, 6.07) is 0. The number of aliphatic hydroxyl groups excluding tert-OH is 2.